The summed E-state index contributed by atoms with van der Waals surface area (Å²) < 4.78 is 14.7. The number of halogens is 3. The number of benzene rings is 2. The summed E-state index contributed by atoms with van der Waals surface area (Å²) in [7, 11) is 0. The van der Waals surface area contributed by atoms with Crippen molar-refractivity contribution in [1.82, 2.24) is 14.5 Å². The molecule has 27 heavy (non-hydrogen) atoms. The van der Waals surface area contributed by atoms with Gasteiger partial charge in [-0.2, -0.15) is 0 Å². The predicted molar refractivity (Wildman–Crippen MR) is 105 cm³/mol. The molecule has 0 spiro atoms. The highest BCUT2D eigenvalue weighted by molar-refractivity contribution is 6.33. The quantitative estimate of drug-likeness (QED) is 0.527. The lowest BCUT2D eigenvalue weighted by atomic mass is 10.2. The number of hydrogen-bond donors (Lipinski definition) is 1. The van der Waals surface area contributed by atoms with Gasteiger partial charge in [-0.15, -0.1) is 0 Å². The Morgan fingerprint density at radius 3 is 2.67 bits per heavy atom. The van der Waals surface area contributed by atoms with E-state index in [1.165, 1.54) is 29.0 Å². The molecule has 0 atom stereocenters. The normalized spacial score (nSPS) is 10.9. The molecule has 2 aromatic carbocycles. The summed E-state index contributed by atoms with van der Waals surface area (Å²) in [4.78, 5) is 21.7. The lowest BCUT2D eigenvalue weighted by Gasteiger charge is -2.15. The molecular formula is C19H11Cl2FN4O. The minimum Gasteiger partial charge on any atom is -0.324 e. The monoisotopic (exact) mass is 400 g/mol. The Bertz CT molecular complexity index is 1210. The summed E-state index contributed by atoms with van der Waals surface area (Å²) >= 11 is 12.1. The maximum absolute atomic E-state index is 13.3. The Labute approximate surface area is 163 Å². The van der Waals surface area contributed by atoms with E-state index in [4.69, 9.17) is 23.2 Å². The minimum atomic E-state index is -0.462. The second-order valence-electron chi connectivity index (χ2n) is 5.70. The van der Waals surface area contributed by atoms with Crippen LogP contribution in [0.25, 0.3) is 16.6 Å². The molecule has 4 rings (SSSR count). The lowest BCUT2D eigenvalue weighted by molar-refractivity contribution is 0.628. The van der Waals surface area contributed by atoms with Gasteiger partial charge >= 0.3 is 0 Å². The third kappa shape index (κ3) is 3.37. The largest absolute Gasteiger partial charge is 0.324 e. The van der Waals surface area contributed by atoms with Crippen LogP contribution in [0.3, 0.4) is 0 Å². The van der Waals surface area contributed by atoms with Gasteiger partial charge in [-0.3, -0.25) is 9.78 Å². The summed E-state index contributed by atoms with van der Waals surface area (Å²) in [6.45, 7) is 0. The van der Waals surface area contributed by atoms with Gasteiger partial charge in [0.25, 0.3) is 5.56 Å². The SMILES string of the molecule is O=c1c2cc(Cl)ccc2nc(Nc2ccc(F)cc2Cl)n1-c1cccnc1. The molecular weight excluding hydrogens is 390 g/mol. The third-order valence-electron chi connectivity index (χ3n) is 3.91. The van der Waals surface area contributed by atoms with Crippen LogP contribution < -0.4 is 10.9 Å². The summed E-state index contributed by atoms with van der Waals surface area (Å²) in [5, 5.41) is 3.97. The molecule has 0 bridgehead atoms. The highest BCUT2D eigenvalue weighted by Crippen LogP contribution is 2.27. The van der Waals surface area contributed by atoms with Crippen LogP contribution >= 0.6 is 23.2 Å². The number of pyridine rings is 1. The molecule has 0 unspecified atom stereocenters. The molecule has 0 aliphatic heterocycles. The number of hydrogen-bond acceptors (Lipinski definition) is 4. The molecule has 134 valence electrons. The molecule has 0 saturated heterocycles. The fourth-order valence-electron chi connectivity index (χ4n) is 2.68. The van der Waals surface area contributed by atoms with Gasteiger partial charge in [-0.05, 0) is 48.5 Å². The highest BCUT2D eigenvalue weighted by atomic mass is 35.5. The van der Waals surface area contributed by atoms with Gasteiger partial charge in [0, 0.05) is 11.2 Å². The van der Waals surface area contributed by atoms with Crippen LogP contribution in [0.15, 0.2) is 65.7 Å². The van der Waals surface area contributed by atoms with Crippen molar-refractivity contribution in [1.29, 1.82) is 0 Å². The molecule has 5 nitrogen and oxygen atoms in total. The lowest BCUT2D eigenvalue weighted by Crippen LogP contribution is -2.23. The van der Waals surface area contributed by atoms with Crippen LogP contribution in [0.4, 0.5) is 16.0 Å². The van der Waals surface area contributed by atoms with E-state index in [1.807, 2.05) is 0 Å². The predicted octanol–water partition coefficient (Wildman–Crippen LogP) is 4.97. The van der Waals surface area contributed by atoms with E-state index in [0.717, 1.165) is 0 Å². The van der Waals surface area contributed by atoms with Gasteiger partial charge < -0.3 is 5.32 Å². The van der Waals surface area contributed by atoms with Gasteiger partial charge in [-0.25, -0.2) is 13.9 Å². The van der Waals surface area contributed by atoms with E-state index in [-0.39, 0.29) is 16.5 Å². The first-order chi connectivity index (χ1) is 13.0. The Morgan fingerprint density at radius 1 is 1.07 bits per heavy atom. The van der Waals surface area contributed by atoms with E-state index in [0.29, 0.717) is 27.3 Å². The molecule has 0 radical (unpaired) electrons. The Morgan fingerprint density at radius 2 is 1.93 bits per heavy atom. The van der Waals surface area contributed by atoms with Crippen molar-refractivity contribution in [3.8, 4) is 5.69 Å². The first-order valence-corrected chi connectivity index (χ1v) is 8.63. The topological polar surface area (TPSA) is 59.8 Å². The van der Waals surface area contributed by atoms with Crippen LogP contribution in [0, 0.1) is 5.82 Å². The molecule has 0 amide bonds. The molecule has 0 aliphatic rings. The fourth-order valence-corrected chi connectivity index (χ4v) is 3.07. The Kier molecular flexibility index (Phi) is 4.51. The smallest absolute Gasteiger partial charge is 0.267 e. The molecule has 1 N–H and O–H groups in total. The van der Waals surface area contributed by atoms with Crippen molar-refractivity contribution >= 4 is 45.7 Å². The van der Waals surface area contributed by atoms with E-state index in [9.17, 15) is 9.18 Å². The van der Waals surface area contributed by atoms with Gasteiger partial charge in [0.2, 0.25) is 5.95 Å². The third-order valence-corrected chi connectivity index (χ3v) is 4.46. The van der Waals surface area contributed by atoms with Gasteiger partial charge in [-0.1, -0.05) is 23.2 Å². The second kappa shape index (κ2) is 6.98. The Balaban J connectivity index is 1.98. The first kappa shape index (κ1) is 17.5. The van der Waals surface area contributed by atoms with E-state index < -0.39 is 5.82 Å². The van der Waals surface area contributed by atoms with E-state index in [1.54, 1.807) is 36.5 Å². The van der Waals surface area contributed by atoms with Gasteiger partial charge in [0.15, 0.2) is 0 Å². The molecule has 0 saturated carbocycles. The van der Waals surface area contributed by atoms with E-state index in [2.05, 4.69) is 15.3 Å². The zero-order valence-electron chi connectivity index (χ0n) is 13.7. The van der Waals surface area contributed by atoms with Crippen molar-refractivity contribution in [2.24, 2.45) is 0 Å². The second-order valence-corrected chi connectivity index (χ2v) is 6.54. The zero-order valence-corrected chi connectivity index (χ0v) is 15.2. The number of anilines is 2. The summed E-state index contributed by atoms with van der Waals surface area (Å²) in [5.41, 5.74) is 1.06. The summed E-state index contributed by atoms with van der Waals surface area (Å²) in [6, 6.07) is 12.2. The van der Waals surface area contributed by atoms with Crippen LogP contribution in [0.2, 0.25) is 10.0 Å². The van der Waals surface area contributed by atoms with Crippen LogP contribution in [-0.4, -0.2) is 14.5 Å². The fraction of sp³-hybridized carbons (Fsp3) is 0. The average molecular weight is 401 g/mol. The van der Waals surface area contributed by atoms with Crippen molar-refractivity contribution in [2.45, 2.75) is 0 Å². The number of nitrogens with zero attached hydrogens (tertiary/aromatic N) is 3. The molecule has 2 aromatic heterocycles. The average Bonchev–Trinajstić information content (AvgIpc) is 2.65. The number of rotatable bonds is 3. The van der Waals surface area contributed by atoms with E-state index >= 15 is 0 Å². The molecule has 2 heterocycles. The van der Waals surface area contributed by atoms with Crippen molar-refractivity contribution in [3.05, 3.63) is 87.1 Å². The van der Waals surface area contributed by atoms with Crippen molar-refractivity contribution in [3.63, 3.8) is 0 Å². The van der Waals surface area contributed by atoms with Crippen LogP contribution in [-0.2, 0) is 0 Å². The summed E-state index contributed by atoms with van der Waals surface area (Å²) in [5.74, 6) is -0.243. The molecule has 0 aliphatic carbocycles. The molecule has 8 heteroatoms. The maximum Gasteiger partial charge on any atom is 0.267 e. The molecule has 4 aromatic rings. The highest BCUT2D eigenvalue weighted by Gasteiger charge is 2.15. The van der Waals surface area contributed by atoms with Crippen LogP contribution in [0.1, 0.15) is 0 Å². The standard InChI is InChI=1S/C19H11Cl2FN4O/c20-11-3-5-16-14(8-11)18(27)26(13-2-1-7-23-10-13)19(24-16)25-17-6-4-12(22)9-15(17)21/h1-10H,(H,24,25). The van der Waals surface area contributed by atoms with Crippen molar-refractivity contribution < 1.29 is 4.39 Å². The van der Waals surface area contributed by atoms with Crippen molar-refractivity contribution in [2.75, 3.05) is 5.32 Å². The number of aromatic nitrogens is 3. The maximum atomic E-state index is 13.3. The molecule has 0 fully saturated rings. The van der Waals surface area contributed by atoms with Gasteiger partial charge in [0.05, 0.1) is 33.5 Å². The number of nitrogens with one attached hydrogen (secondary N) is 1. The van der Waals surface area contributed by atoms with Gasteiger partial charge in [0.1, 0.15) is 5.82 Å². The summed E-state index contributed by atoms with van der Waals surface area (Å²) in [6.07, 6.45) is 3.14. The first-order valence-electron chi connectivity index (χ1n) is 7.88. The zero-order chi connectivity index (χ0) is 19.0. The minimum absolute atomic E-state index is 0.165. The van der Waals surface area contributed by atoms with Crippen LogP contribution in [0.5, 0.6) is 0 Å². The Hall–Kier alpha value is -2.96. The number of fused-ring (bicyclic) bond motifs is 1.